The molecule has 7 heteroatoms. The number of piperazine rings is 1. The summed E-state index contributed by atoms with van der Waals surface area (Å²) in [5, 5.41) is 18.9. The van der Waals surface area contributed by atoms with Crippen molar-refractivity contribution in [2.45, 2.75) is 13.0 Å². The summed E-state index contributed by atoms with van der Waals surface area (Å²) in [4.78, 5) is 7.02. The highest BCUT2D eigenvalue weighted by Crippen LogP contribution is 2.31. The van der Waals surface area contributed by atoms with Crippen molar-refractivity contribution in [3.63, 3.8) is 0 Å². The Bertz CT molecular complexity index is 901. The van der Waals surface area contributed by atoms with Gasteiger partial charge in [-0.3, -0.25) is 10.1 Å². The average molecular weight is 335 g/mol. The number of aromatic nitrogens is 2. The molecule has 5 rings (SSSR count). The number of benzene rings is 1. The number of nitrogens with zero attached hydrogens (tertiary/aromatic N) is 5. The van der Waals surface area contributed by atoms with Crippen molar-refractivity contribution in [1.82, 2.24) is 25.4 Å². The zero-order valence-electron chi connectivity index (χ0n) is 14.2. The summed E-state index contributed by atoms with van der Waals surface area (Å²) in [5.41, 5.74) is 3.33. The molecule has 3 aliphatic rings. The highest BCUT2D eigenvalue weighted by molar-refractivity contribution is 6.06. The molecule has 1 atom stereocenters. The summed E-state index contributed by atoms with van der Waals surface area (Å²) in [6, 6.07) is 6.62. The molecule has 0 spiro atoms. The minimum absolute atomic E-state index is 0.150. The van der Waals surface area contributed by atoms with Gasteiger partial charge in [-0.1, -0.05) is 6.07 Å². The second kappa shape index (κ2) is 5.70. The summed E-state index contributed by atoms with van der Waals surface area (Å²) < 4.78 is 0. The van der Waals surface area contributed by atoms with Crippen molar-refractivity contribution in [2.75, 3.05) is 32.7 Å². The zero-order chi connectivity index (χ0) is 16.8. The molecule has 0 bridgehead atoms. The normalized spacial score (nSPS) is 23.0. The number of aryl methyl sites for hydroxylation is 1. The fraction of sp³-hybridized carbons (Fsp3) is 0.389. The van der Waals surface area contributed by atoms with E-state index in [9.17, 15) is 0 Å². The summed E-state index contributed by atoms with van der Waals surface area (Å²) >= 11 is 0. The van der Waals surface area contributed by atoms with Crippen molar-refractivity contribution >= 4 is 22.6 Å². The first kappa shape index (κ1) is 14.7. The van der Waals surface area contributed by atoms with Gasteiger partial charge in [-0.25, -0.2) is 5.01 Å². The van der Waals surface area contributed by atoms with Crippen molar-refractivity contribution < 1.29 is 0 Å². The molecule has 1 aromatic carbocycles. The van der Waals surface area contributed by atoms with Crippen LogP contribution in [-0.2, 0) is 0 Å². The number of rotatable bonds is 1. The first-order chi connectivity index (χ1) is 12.3. The lowest BCUT2D eigenvalue weighted by atomic mass is 10.0. The van der Waals surface area contributed by atoms with E-state index in [1.807, 2.05) is 6.92 Å². The third-order valence-corrected chi connectivity index (χ3v) is 5.15. The van der Waals surface area contributed by atoms with Gasteiger partial charge in [0.1, 0.15) is 11.7 Å². The van der Waals surface area contributed by atoms with E-state index < -0.39 is 0 Å². The van der Waals surface area contributed by atoms with Crippen LogP contribution in [0, 0.1) is 6.92 Å². The molecule has 1 fully saturated rings. The first-order valence-corrected chi connectivity index (χ1v) is 8.80. The van der Waals surface area contributed by atoms with Crippen LogP contribution in [0.15, 0.2) is 40.4 Å². The molecule has 2 N–H and O–H groups in total. The second-order valence-electron chi connectivity index (χ2n) is 6.70. The Morgan fingerprint density at radius 2 is 1.96 bits per heavy atom. The minimum atomic E-state index is 0.150. The monoisotopic (exact) mass is 335 g/mol. The van der Waals surface area contributed by atoms with E-state index in [1.165, 1.54) is 10.9 Å². The van der Waals surface area contributed by atoms with Crippen LogP contribution in [0.1, 0.15) is 17.3 Å². The van der Waals surface area contributed by atoms with Gasteiger partial charge in [-0.2, -0.15) is 10.2 Å². The Labute approximate surface area is 146 Å². The van der Waals surface area contributed by atoms with Gasteiger partial charge in [0, 0.05) is 31.6 Å². The molecule has 0 aliphatic carbocycles. The van der Waals surface area contributed by atoms with Crippen LogP contribution in [0.5, 0.6) is 0 Å². The standard InChI is InChI=1S/C18H21N7/c1-12-14-10-13(2-3-15(14)22-21-12)16-11-20-17-4-5-18(23-25(16)17)24-8-6-19-7-9-24/h2-5,10,16,19H,6-9,11H2,1H3,(H,21,22). The van der Waals surface area contributed by atoms with Crippen molar-refractivity contribution in [1.29, 1.82) is 0 Å². The molecule has 25 heavy (non-hydrogen) atoms. The molecule has 1 saturated heterocycles. The molecule has 2 aromatic rings. The molecule has 3 aliphatic heterocycles. The molecule has 4 heterocycles. The van der Waals surface area contributed by atoms with Crippen LogP contribution in [0.25, 0.3) is 10.9 Å². The molecular weight excluding hydrogens is 314 g/mol. The molecule has 0 radical (unpaired) electrons. The quantitative estimate of drug-likeness (QED) is 0.827. The summed E-state index contributed by atoms with van der Waals surface area (Å²) in [6.45, 7) is 6.77. The Morgan fingerprint density at radius 1 is 1.12 bits per heavy atom. The maximum atomic E-state index is 4.92. The topological polar surface area (TPSA) is 71.9 Å². The van der Waals surface area contributed by atoms with Crippen LogP contribution in [0.4, 0.5) is 0 Å². The van der Waals surface area contributed by atoms with Gasteiger partial charge in [-0.15, -0.1) is 0 Å². The average Bonchev–Trinajstić information content (AvgIpc) is 3.25. The number of nitrogens with one attached hydrogen (secondary N) is 2. The third-order valence-electron chi connectivity index (χ3n) is 5.15. The van der Waals surface area contributed by atoms with E-state index in [4.69, 9.17) is 5.10 Å². The van der Waals surface area contributed by atoms with E-state index in [2.05, 4.69) is 60.8 Å². The largest absolute Gasteiger partial charge is 0.353 e. The van der Waals surface area contributed by atoms with E-state index in [-0.39, 0.29) is 6.04 Å². The number of H-pyrrole nitrogens is 1. The summed E-state index contributed by atoms with van der Waals surface area (Å²) in [5.74, 6) is 1.99. The minimum Gasteiger partial charge on any atom is -0.353 e. The number of hydrazone groups is 1. The maximum Gasteiger partial charge on any atom is 0.149 e. The van der Waals surface area contributed by atoms with Gasteiger partial charge < -0.3 is 10.2 Å². The van der Waals surface area contributed by atoms with Crippen LogP contribution in [-0.4, -0.2) is 64.5 Å². The van der Waals surface area contributed by atoms with E-state index in [0.717, 1.165) is 55.6 Å². The van der Waals surface area contributed by atoms with Crippen molar-refractivity contribution in [2.24, 2.45) is 10.1 Å². The number of aliphatic imine (C=N–C) groups is 1. The van der Waals surface area contributed by atoms with Gasteiger partial charge in [0.2, 0.25) is 0 Å². The predicted octanol–water partition coefficient (Wildman–Crippen LogP) is 1.42. The van der Waals surface area contributed by atoms with Crippen LogP contribution >= 0.6 is 0 Å². The van der Waals surface area contributed by atoms with Gasteiger partial charge in [0.05, 0.1) is 23.8 Å². The zero-order valence-corrected chi connectivity index (χ0v) is 14.2. The lowest BCUT2D eigenvalue weighted by Gasteiger charge is -2.33. The van der Waals surface area contributed by atoms with Gasteiger partial charge >= 0.3 is 0 Å². The maximum absolute atomic E-state index is 4.92. The van der Waals surface area contributed by atoms with Crippen molar-refractivity contribution in [3.8, 4) is 0 Å². The van der Waals surface area contributed by atoms with E-state index >= 15 is 0 Å². The number of hydrogen-bond donors (Lipinski definition) is 2. The first-order valence-electron chi connectivity index (χ1n) is 8.80. The molecule has 0 amide bonds. The Balaban J connectivity index is 1.47. The molecule has 0 saturated carbocycles. The SMILES string of the molecule is Cc1n[nH]c2ccc(C3CN=C4C=CC(N5CCNCC5)=NN43)cc12. The Hall–Kier alpha value is -2.67. The fourth-order valence-corrected chi connectivity index (χ4v) is 3.71. The predicted molar refractivity (Wildman–Crippen MR) is 98.7 cm³/mol. The number of hydrogen-bond acceptors (Lipinski definition) is 6. The summed E-state index contributed by atoms with van der Waals surface area (Å²) in [7, 11) is 0. The van der Waals surface area contributed by atoms with E-state index in [1.54, 1.807) is 0 Å². The Morgan fingerprint density at radius 3 is 2.84 bits per heavy atom. The second-order valence-corrected chi connectivity index (χ2v) is 6.70. The fourth-order valence-electron chi connectivity index (χ4n) is 3.71. The molecule has 1 aromatic heterocycles. The molecule has 7 nitrogen and oxygen atoms in total. The lowest BCUT2D eigenvalue weighted by molar-refractivity contribution is 0.327. The van der Waals surface area contributed by atoms with Crippen LogP contribution < -0.4 is 5.32 Å². The number of aromatic amines is 1. The molecule has 1 unspecified atom stereocenters. The van der Waals surface area contributed by atoms with Gasteiger partial charge in [0.25, 0.3) is 0 Å². The van der Waals surface area contributed by atoms with Gasteiger partial charge in [0.15, 0.2) is 0 Å². The van der Waals surface area contributed by atoms with Crippen molar-refractivity contribution in [3.05, 3.63) is 41.6 Å². The summed E-state index contributed by atoms with van der Waals surface area (Å²) in [6.07, 6.45) is 4.18. The number of amidine groups is 2. The molecule has 128 valence electrons. The lowest BCUT2D eigenvalue weighted by Crippen LogP contribution is -2.47. The van der Waals surface area contributed by atoms with Gasteiger partial charge in [-0.05, 0) is 36.8 Å². The van der Waals surface area contributed by atoms with Crippen LogP contribution in [0.2, 0.25) is 0 Å². The third kappa shape index (κ3) is 2.42. The van der Waals surface area contributed by atoms with Crippen LogP contribution in [0.3, 0.4) is 0 Å². The highest BCUT2D eigenvalue weighted by atomic mass is 15.5. The van der Waals surface area contributed by atoms with E-state index in [0.29, 0.717) is 0 Å². The molecular formula is C18H21N7. The smallest absolute Gasteiger partial charge is 0.149 e. The highest BCUT2D eigenvalue weighted by Gasteiger charge is 2.31. The Kier molecular flexibility index (Phi) is 3.34. The number of fused-ring (bicyclic) bond motifs is 2.